The van der Waals surface area contributed by atoms with Crippen LogP contribution in [0.4, 0.5) is 0 Å². The van der Waals surface area contributed by atoms with Crippen LogP contribution in [0.1, 0.15) is 13.3 Å². The van der Waals surface area contributed by atoms with E-state index in [0.29, 0.717) is 13.1 Å². The minimum Gasteiger partial charge on any atom is -0.329 e. The molecule has 0 bridgehead atoms. The van der Waals surface area contributed by atoms with Gasteiger partial charge in [0.2, 0.25) is 0 Å². The third kappa shape index (κ3) is 14.0. The van der Waals surface area contributed by atoms with E-state index >= 15 is 0 Å². The van der Waals surface area contributed by atoms with Gasteiger partial charge in [0.25, 0.3) is 0 Å². The predicted octanol–water partition coefficient (Wildman–Crippen LogP) is -1.62. The van der Waals surface area contributed by atoms with Crippen LogP contribution in [-0.4, -0.2) is 76.9 Å². The van der Waals surface area contributed by atoms with E-state index in [-0.39, 0.29) is 0 Å². The number of hydrogen-bond donors (Lipinski definition) is 5. The summed E-state index contributed by atoms with van der Waals surface area (Å²) in [6, 6.07) is 0. The first-order valence-electron chi connectivity index (χ1n) is 7.59. The molecule has 0 amide bonds. The Labute approximate surface area is 118 Å². The first kappa shape index (κ1) is 18.8. The van der Waals surface area contributed by atoms with E-state index in [2.05, 4.69) is 27.8 Å². The van der Waals surface area contributed by atoms with Crippen LogP contribution in [0.2, 0.25) is 0 Å². The van der Waals surface area contributed by atoms with Crippen LogP contribution in [0, 0.1) is 0 Å². The lowest BCUT2D eigenvalue weighted by molar-refractivity contribution is 0.288. The number of hydrogen-bond acceptors (Lipinski definition) is 6. The van der Waals surface area contributed by atoms with Crippen LogP contribution in [0.5, 0.6) is 0 Å². The monoisotopic (exact) mass is 274 g/mol. The van der Waals surface area contributed by atoms with Crippen molar-refractivity contribution >= 4 is 0 Å². The average molecular weight is 274 g/mol. The number of nitrogens with one attached hydrogen (secondary N) is 3. The van der Waals surface area contributed by atoms with Gasteiger partial charge in [-0.25, -0.2) is 0 Å². The zero-order valence-corrected chi connectivity index (χ0v) is 12.6. The Kier molecular flexibility index (Phi) is 15.6. The van der Waals surface area contributed by atoms with Crippen molar-refractivity contribution in [2.45, 2.75) is 13.3 Å². The fraction of sp³-hybridized carbons (Fsp3) is 1.00. The lowest BCUT2D eigenvalue weighted by atomic mass is 10.4. The van der Waals surface area contributed by atoms with Gasteiger partial charge in [0.05, 0.1) is 0 Å². The Hall–Kier alpha value is -0.240. The normalized spacial score (nSPS) is 11.4. The predicted molar refractivity (Wildman–Crippen MR) is 83.4 cm³/mol. The molecule has 116 valence electrons. The second kappa shape index (κ2) is 15.8. The molecule has 0 saturated carbocycles. The van der Waals surface area contributed by atoms with Crippen molar-refractivity contribution in [2.24, 2.45) is 11.5 Å². The second-order valence-electron chi connectivity index (χ2n) is 4.67. The molecule has 6 heteroatoms. The van der Waals surface area contributed by atoms with Gasteiger partial charge in [-0.2, -0.15) is 0 Å². The van der Waals surface area contributed by atoms with Gasteiger partial charge in [0.15, 0.2) is 0 Å². The van der Waals surface area contributed by atoms with Crippen LogP contribution >= 0.6 is 0 Å². The Balaban J connectivity index is 3.20. The maximum atomic E-state index is 5.56. The number of rotatable bonds is 15. The van der Waals surface area contributed by atoms with Crippen molar-refractivity contribution in [2.75, 3.05) is 72.0 Å². The molecule has 19 heavy (non-hydrogen) atoms. The molecule has 6 nitrogen and oxygen atoms in total. The second-order valence-corrected chi connectivity index (χ2v) is 4.67. The van der Waals surface area contributed by atoms with Gasteiger partial charge in [-0.3, -0.25) is 4.90 Å². The van der Waals surface area contributed by atoms with Crippen LogP contribution in [0.25, 0.3) is 0 Å². The fourth-order valence-electron chi connectivity index (χ4n) is 1.84. The molecule has 0 heterocycles. The highest BCUT2D eigenvalue weighted by molar-refractivity contribution is 4.61. The molecule has 0 aromatic heterocycles. The van der Waals surface area contributed by atoms with Gasteiger partial charge in [-0.15, -0.1) is 0 Å². The lowest BCUT2D eigenvalue weighted by Crippen LogP contribution is -2.40. The summed E-state index contributed by atoms with van der Waals surface area (Å²) in [5.41, 5.74) is 11.1. The van der Waals surface area contributed by atoms with E-state index in [1.165, 1.54) is 6.42 Å². The minimum absolute atomic E-state index is 0.701. The maximum Gasteiger partial charge on any atom is 0.0108 e. The molecule has 0 fully saturated rings. The van der Waals surface area contributed by atoms with E-state index in [0.717, 1.165) is 58.9 Å². The van der Waals surface area contributed by atoms with Gasteiger partial charge in [-0.1, -0.05) is 6.92 Å². The zero-order valence-electron chi connectivity index (χ0n) is 12.6. The highest BCUT2D eigenvalue weighted by Crippen LogP contribution is 1.83. The highest BCUT2D eigenvalue weighted by Gasteiger charge is 2.01. The molecule has 0 aromatic carbocycles. The summed E-state index contributed by atoms with van der Waals surface area (Å²) in [5, 5.41) is 10.2. The highest BCUT2D eigenvalue weighted by atomic mass is 15.1. The first-order chi connectivity index (χ1) is 9.35. The quantitative estimate of drug-likeness (QED) is 0.231. The summed E-state index contributed by atoms with van der Waals surface area (Å²) in [6.45, 7) is 12.7. The SMILES string of the molecule is CCCNCCNCCNCCN(CCN)CCN. The summed E-state index contributed by atoms with van der Waals surface area (Å²) in [4.78, 5) is 2.30. The van der Waals surface area contributed by atoms with E-state index in [1.54, 1.807) is 0 Å². The summed E-state index contributed by atoms with van der Waals surface area (Å²) in [6.07, 6.45) is 1.20. The Morgan fingerprint density at radius 3 is 1.63 bits per heavy atom. The fourth-order valence-corrected chi connectivity index (χ4v) is 1.84. The van der Waals surface area contributed by atoms with Crippen LogP contribution in [0.15, 0.2) is 0 Å². The topological polar surface area (TPSA) is 91.4 Å². The molecule has 7 N–H and O–H groups in total. The molecule has 0 aliphatic rings. The smallest absolute Gasteiger partial charge is 0.0108 e. The third-order valence-corrected chi connectivity index (χ3v) is 2.88. The summed E-state index contributed by atoms with van der Waals surface area (Å²) < 4.78 is 0. The molecular weight excluding hydrogens is 240 g/mol. The van der Waals surface area contributed by atoms with E-state index in [4.69, 9.17) is 11.5 Å². The number of nitrogens with two attached hydrogens (primary N) is 2. The first-order valence-corrected chi connectivity index (χ1v) is 7.59. The van der Waals surface area contributed by atoms with E-state index in [9.17, 15) is 0 Å². The Morgan fingerprint density at radius 1 is 0.684 bits per heavy atom. The van der Waals surface area contributed by atoms with Gasteiger partial charge in [0.1, 0.15) is 0 Å². The summed E-state index contributed by atoms with van der Waals surface area (Å²) in [7, 11) is 0. The van der Waals surface area contributed by atoms with Crippen LogP contribution < -0.4 is 27.4 Å². The van der Waals surface area contributed by atoms with Crippen molar-refractivity contribution in [1.29, 1.82) is 0 Å². The van der Waals surface area contributed by atoms with Crippen molar-refractivity contribution in [3.63, 3.8) is 0 Å². The van der Waals surface area contributed by atoms with Crippen molar-refractivity contribution in [3.05, 3.63) is 0 Å². The summed E-state index contributed by atoms with van der Waals surface area (Å²) >= 11 is 0. The van der Waals surface area contributed by atoms with Crippen LogP contribution in [-0.2, 0) is 0 Å². The Morgan fingerprint density at radius 2 is 1.16 bits per heavy atom. The molecule has 0 radical (unpaired) electrons. The van der Waals surface area contributed by atoms with Crippen molar-refractivity contribution in [3.8, 4) is 0 Å². The standard InChI is InChI=1S/C13H34N6/c1-2-5-16-6-7-17-8-9-18-10-13-19(11-3-14)12-4-15/h16-18H,2-15H2,1H3. The molecule has 0 atom stereocenters. The minimum atomic E-state index is 0.701. The molecule has 0 saturated heterocycles. The zero-order chi connectivity index (χ0) is 14.2. The lowest BCUT2D eigenvalue weighted by Gasteiger charge is -2.20. The largest absolute Gasteiger partial charge is 0.329 e. The van der Waals surface area contributed by atoms with Crippen molar-refractivity contribution < 1.29 is 0 Å². The van der Waals surface area contributed by atoms with Crippen molar-refractivity contribution in [1.82, 2.24) is 20.9 Å². The molecule has 0 aromatic rings. The molecule has 0 spiro atoms. The Bertz CT molecular complexity index is 161. The van der Waals surface area contributed by atoms with Gasteiger partial charge >= 0.3 is 0 Å². The van der Waals surface area contributed by atoms with Gasteiger partial charge < -0.3 is 27.4 Å². The summed E-state index contributed by atoms with van der Waals surface area (Å²) in [5.74, 6) is 0. The molecule has 0 rings (SSSR count). The van der Waals surface area contributed by atoms with E-state index < -0.39 is 0 Å². The van der Waals surface area contributed by atoms with Crippen LogP contribution in [0.3, 0.4) is 0 Å². The third-order valence-electron chi connectivity index (χ3n) is 2.88. The van der Waals surface area contributed by atoms with E-state index in [1.807, 2.05) is 0 Å². The molecule has 0 aliphatic carbocycles. The molecule has 0 unspecified atom stereocenters. The van der Waals surface area contributed by atoms with Gasteiger partial charge in [-0.05, 0) is 13.0 Å². The van der Waals surface area contributed by atoms with Gasteiger partial charge in [0, 0.05) is 65.4 Å². The average Bonchev–Trinajstić information content (AvgIpc) is 2.41. The maximum absolute atomic E-state index is 5.56. The number of nitrogens with zero attached hydrogens (tertiary/aromatic N) is 1. The molecular formula is C13H34N6. The molecule has 0 aliphatic heterocycles.